The third kappa shape index (κ3) is 3.41. The molecular weight excluding hydrogens is 576 g/mol. The first kappa shape index (κ1) is 25.0. The molecule has 7 aromatic heterocycles. The first-order valence-electron chi connectivity index (χ1n) is 13.1. The standard InChI is InChI=1S/C27H22N10O3S2/c1-12-30-24-23(42-12)19-18(10-35-20-16(8-29-37(11-38)26(20)39)22-25(35)31-13(2)41-22)33-36(27(40)21(19)34(24)3)9-14-5-4-6-17-15(14)7-28-32-17/h4-8,38H,9-11H2,1-3H3,(H,28,32). The second kappa shape index (κ2) is 8.88. The van der Waals surface area contributed by atoms with E-state index in [1.165, 1.54) is 27.4 Å². The molecule has 210 valence electrons. The van der Waals surface area contributed by atoms with Crippen molar-refractivity contribution in [3.8, 4) is 0 Å². The molecule has 0 unspecified atom stereocenters. The van der Waals surface area contributed by atoms with Crippen LogP contribution in [0.2, 0.25) is 0 Å². The van der Waals surface area contributed by atoms with Gasteiger partial charge in [0.05, 0.1) is 61.5 Å². The second-order valence-corrected chi connectivity index (χ2v) is 12.6. The topological polar surface area (TPSA) is 154 Å². The monoisotopic (exact) mass is 598 g/mol. The molecule has 13 nitrogen and oxygen atoms in total. The van der Waals surface area contributed by atoms with Crippen LogP contribution < -0.4 is 11.1 Å². The van der Waals surface area contributed by atoms with E-state index in [4.69, 9.17) is 15.1 Å². The van der Waals surface area contributed by atoms with Crippen molar-refractivity contribution in [2.24, 2.45) is 7.05 Å². The predicted octanol–water partition coefficient (Wildman–Crippen LogP) is 3.01. The van der Waals surface area contributed by atoms with Crippen molar-refractivity contribution < 1.29 is 5.11 Å². The van der Waals surface area contributed by atoms with Gasteiger partial charge < -0.3 is 14.2 Å². The van der Waals surface area contributed by atoms with Gasteiger partial charge in [-0.1, -0.05) is 12.1 Å². The van der Waals surface area contributed by atoms with E-state index < -0.39 is 12.3 Å². The van der Waals surface area contributed by atoms with Crippen molar-refractivity contribution in [3.05, 3.63) is 72.6 Å². The largest absolute Gasteiger partial charge is 0.374 e. The number of benzene rings is 1. The van der Waals surface area contributed by atoms with E-state index >= 15 is 0 Å². The van der Waals surface area contributed by atoms with E-state index in [0.29, 0.717) is 38.8 Å². The summed E-state index contributed by atoms with van der Waals surface area (Å²) < 4.78 is 7.84. The molecular formula is C27H22N10O3S2. The van der Waals surface area contributed by atoms with Gasteiger partial charge in [-0.25, -0.2) is 19.3 Å². The van der Waals surface area contributed by atoms with Gasteiger partial charge in [-0.3, -0.25) is 14.7 Å². The molecule has 0 bridgehead atoms. The SMILES string of the molecule is Cc1nc2c(s1)c1c(Cn3c4nc(C)sc4c4cnn(CO)c(=O)c43)nn(Cc3cccc4[nH]ncc34)c(=O)c1n2C. The van der Waals surface area contributed by atoms with Crippen molar-refractivity contribution >= 4 is 76.1 Å². The lowest BCUT2D eigenvalue weighted by Crippen LogP contribution is -2.28. The quantitative estimate of drug-likeness (QED) is 0.307. The Bertz CT molecular complexity index is 2500. The molecule has 0 saturated carbocycles. The molecule has 1 aromatic carbocycles. The maximum atomic E-state index is 14.0. The first-order valence-corrected chi connectivity index (χ1v) is 14.7. The summed E-state index contributed by atoms with van der Waals surface area (Å²) >= 11 is 2.99. The highest BCUT2D eigenvalue weighted by Gasteiger charge is 2.25. The fraction of sp³-hybridized carbons (Fsp3) is 0.222. The third-order valence-electron chi connectivity index (χ3n) is 7.64. The van der Waals surface area contributed by atoms with Crippen LogP contribution in [-0.4, -0.2) is 54.0 Å². The van der Waals surface area contributed by atoms with Crippen molar-refractivity contribution in [1.29, 1.82) is 0 Å². The molecule has 0 aliphatic carbocycles. The molecule has 2 N–H and O–H groups in total. The zero-order valence-electron chi connectivity index (χ0n) is 22.6. The summed E-state index contributed by atoms with van der Waals surface area (Å²) in [5.41, 5.74) is 3.91. The molecule has 8 aromatic rings. The highest BCUT2D eigenvalue weighted by molar-refractivity contribution is 7.19. The number of H-pyrrole nitrogens is 1. The van der Waals surface area contributed by atoms with Crippen LogP contribution in [0.15, 0.2) is 40.2 Å². The molecule has 15 heteroatoms. The second-order valence-electron chi connectivity index (χ2n) is 10.2. The van der Waals surface area contributed by atoms with E-state index in [1.54, 1.807) is 12.4 Å². The fourth-order valence-electron chi connectivity index (χ4n) is 5.81. The molecule has 0 radical (unpaired) electrons. The van der Waals surface area contributed by atoms with Gasteiger partial charge in [0.15, 0.2) is 11.3 Å². The van der Waals surface area contributed by atoms with Gasteiger partial charge in [-0.2, -0.15) is 15.3 Å². The number of aliphatic hydroxyl groups excluding tert-OH is 1. The van der Waals surface area contributed by atoms with Gasteiger partial charge in [0, 0.05) is 17.8 Å². The van der Waals surface area contributed by atoms with Crippen LogP contribution in [-0.2, 0) is 26.9 Å². The molecule has 0 saturated heterocycles. The highest BCUT2D eigenvalue weighted by atomic mass is 32.1. The molecule has 0 aliphatic rings. The van der Waals surface area contributed by atoms with Gasteiger partial charge in [-0.15, -0.1) is 22.7 Å². The molecule has 8 rings (SSSR count). The number of aliphatic hydroxyl groups is 1. The number of nitrogens with one attached hydrogen (secondary N) is 1. The minimum atomic E-state index is -0.549. The fourth-order valence-corrected chi connectivity index (χ4v) is 7.76. The Morgan fingerprint density at radius 2 is 1.67 bits per heavy atom. The van der Waals surface area contributed by atoms with E-state index in [-0.39, 0.29) is 18.6 Å². The maximum absolute atomic E-state index is 14.0. The minimum absolute atomic E-state index is 0.163. The van der Waals surface area contributed by atoms with Crippen molar-refractivity contribution in [1.82, 2.24) is 48.9 Å². The summed E-state index contributed by atoms with van der Waals surface area (Å²) in [7, 11) is 1.84. The van der Waals surface area contributed by atoms with E-state index in [2.05, 4.69) is 15.3 Å². The summed E-state index contributed by atoms with van der Waals surface area (Å²) in [6.07, 6.45) is 3.33. The smallest absolute Gasteiger partial charge is 0.293 e. The van der Waals surface area contributed by atoms with Crippen LogP contribution in [0, 0.1) is 13.8 Å². The van der Waals surface area contributed by atoms with Crippen LogP contribution in [0.1, 0.15) is 21.3 Å². The lowest BCUT2D eigenvalue weighted by Gasteiger charge is -2.12. The van der Waals surface area contributed by atoms with E-state index in [9.17, 15) is 14.7 Å². The van der Waals surface area contributed by atoms with Crippen molar-refractivity contribution in [2.75, 3.05) is 0 Å². The van der Waals surface area contributed by atoms with Crippen LogP contribution in [0.25, 0.3) is 53.4 Å². The van der Waals surface area contributed by atoms with E-state index in [0.717, 1.165) is 40.6 Å². The van der Waals surface area contributed by atoms with Gasteiger partial charge in [0.2, 0.25) is 0 Å². The zero-order chi connectivity index (χ0) is 28.9. The molecule has 0 fully saturated rings. The number of aryl methyl sites for hydroxylation is 3. The number of aromatic amines is 1. The third-order valence-corrected chi connectivity index (χ3v) is 9.61. The lowest BCUT2D eigenvalue weighted by atomic mass is 10.1. The Labute approximate surface area is 242 Å². The summed E-state index contributed by atoms with van der Waals surface area (Å²) in [6.45, 7) is 3.69. The number of aromatic nitrogens is 10. The number of thiazole rings is 2. The van der Waals surface area contributed by atoms with Crippen molar-refractivity contribution in [3.63, 3.8) is 0 Å². The minimum Gasteiger partial charge on any atom is -0.374 e. The van der Waals surface area contributed by atoms with E-state index in [1.807, 2.05) is 48.2 Å². The van der Waals surface area contributed by atoms with Gasteiger partial charge in [-0.05, 0) is 25.5 Å². The Balaban J connectivity index is 1.43. The summed E-state index contributed by atoms with van der Waals surface area (Å²) in [4.78, 5) is 36.9. The van der Waals surface area contributed by atoms with Crippen LogP contribution in [0.4, 0.5) is 0 Å². The summed E-state index contributed by atoms with van der Waals surface area (Å²) in [6, 6.07) is 5.80. The molecule has 0 amide bonds. The average Bonchev–Trinajstić information content (AvgIpc) is 3.77. The molecule has 0 spiro atoms. The average molecular weight is 599 g/mol. The lowest BCUT2D eigenvalue weighted by molar-refractivity contribution is 0.189. The summed E-state index contributed by atoms with van der Waals surface area (Å²) in [5, 5.41) is 30.0. The number of hydrogen-bond acceptors (Lipinski definition) is 10. The molecule has 0 atom stereocenters. The molecule has 42 heavy (non-hydrogen) atoms. The van der Waals surface area contributed by atoms with Crippen LogP contribution in [0.3, 0.4) is 0 Å². The Morgan fingerprint density at radius 3 is 2.48 bits per heavy atom. The van der Waals surface area contributed by atoms with Crippen LogP contribution >= 0.6 is 22.7 Å². The van der Waals surface area contributed by atoms with Gasteiger partial charge in [0.25, 0.3) is 11.1 Å². The zero-order valence-corrected chi connectivity index (χ0v) is 24.2. The first-order chi connectivity index (χ1) is 20.3. The summed E-state index contributed by atoms with van der Waals surface area (Å²) in [5.74, 6) is 0. The number of hydrogen-bond donors (Lipinski definition) is 2. The Hall–Kier alpha value is -4.73. The van der Waals surface area contributed by atoms with Gasteiger partial charge in [0.1, 0.15) is 17.8 Å². The maximum Gasteiger partial charge on any atom is 0.293 e. The molecule has 7 heterocycles. The highest BCUT2D eigenvalue weighted by Crippen LogP contribution is 2.35. The number of fused-ring (bicyclic) bond motifs is 7. The number of rotatable bonds is 5. The van der Waals surface area contributed by atoms with Crippen molar-refractivity contribution in [2.45, 2.75) is 33.7 Å². The van der Waals surface area contributed by atoms with Crippen LogP contribution in [0.5, 0.6) is 0 Å². The Morgan fingerprint density at radius 1 is 0.905 bits per heavy atom. The normalized spacial score (nSPS) is 12.3. The van der Waals surface area contributed by atoms with Gasteiger partial charge >= 0.3 is 0 Å². The molecule has 0 aliphatic heterocycles. The predicted molar refractivity (Wildman–Crippen MR) is 161 cm³/mol. The number of nitrogens with zero attached hydrogens (tertiary/aromatic N) is 9. The Kier molecular flexibility index (Phi) is 5.29.